The Morgan fingerprint density at radius 3 is 2.65 bits per heavy atom. The fourth-order valence-electron chi connectivity index (χ4n) is 3.93. The second kappa shape index (κ2) is 8.03. The van der Waals surface area contributed by atoms with Crippen LogP contribution in [0, 0.1) is 0 Å². The summed E-state index contributed by atoms with van der Waals surface area (Å²) in [5.41, 5.74) is 1.08. The van der Waals surface area contributed by atoms with Crippen molar-refractivity contribution < 1.29 is 18.0 Å². The number of hydrogen-bond donors (Lipinski definition) is 0. The number of alkyl halides is 3. The Balaban J connectivity index is 1.72. The van der Waals surface area contributed by atoms with Crippen molar-refractivity contribution in [2.75, 3.05) is 12.8 Å². The molecule has 0 radical (unpaired) electrons. The van der Waals surface area contributed by atoms with Gasteiger partial charge in [-0.3, -0.25) is 9.48 Å². The zero-order chi connectivity index (χ0) is 22.3. The van der Waals surface area contributed by atoms with Crippen molar-refractivity contribution in [2.45, 2.75) is 37.8 Å². The molecule has 164 valence electrons. The van der Waals surface area contributed by atoms with E-state index in [-0.39, 0.29) is 12.1 Å². The topological polar surface area (TPSA) is 68.8 Å². The Labute approximate surface area is 181 Å². The molecule has 0 N–H and O–H groups in total. The van der Waals surface area contributed by atoms with Crippen molar-refractivity contribution in [2.24, 2.45) is 7.05 Å². The molecule has 1 aromatic carbocycles. The van der Waals surface area contributed by atoms with E-state index in [0.29, 0.717) is 31.0 Å². The van der Waals surface area contributed by atoms with Crippen LogP contribution < -0.4 is 0 Å². The van der Waals surface area contributed by atoms with Gasteiger partial charge in [-0.25, -0.2) is 0 Å². The molecule has 0 fully saturated rings. The van der Waals surface area contributed by atoms with E-state index in [1.165, 1.54) is 34.9 Å². The van der Waals surface area contributed by atoms with Crippen LogP contribution in [-0.4, -0.2) is 48.2 Å². The molecule has 4 rings (SSSR count). The summed E-state index contributed by atoms with van der Waals surface area (Å²) in [4.78, 5) is 14.5. The molecule has 3 aromatic rings. The van der Waals surface area contributed by atoms with Crippen LogP contribution in [-0.2, 0) is 32.7 Å². The molecule has 1 aliphatic rings. The number of carbonyl (C=O) groups excluding carboxylic acids is 1. The highest BCUT2D eigenvalue weighted by Crippen LogP contribution is 2.34. The van der Waals surface area contributed by atoms with Gasteiger partial charge in [0, 0.05) is 37.8 Å². The quantitative estimate of drug-likeness (QED) is 0.568. The highest BCUT2D eigenvalue weighted by molar-refractivity contribution is 7.98. The average Bonchev–Trinajstić information content (AvgIpc) is 3.32. The first-order chi connectivity index (χ1) is 14.8. The number of rotatable bonds is 4. The molecule has 1 amide bonds. The molecule has 0 saturated heterocycles. The van der Waals surface area contributed by atoms with E-state index in [2.05, 4.69) is 15.3 Å². The zero-order valence-corrected chi connectivity index (χ0v) is 18.1. The summed E-state index contributed by atoms with van der Waals surface area (Å²) in [6.45, 7) is 3.10. The smallest absolute Gasteiger partial charge is 0.334 e. The Bertz CT molecular complexity index is 1140. The number of amides is 1. The van der Waals surface area contributed by atoms with Gasteiger partial charge < -0.3 is 9.47 Å². The molecule has 3 heterocycles. The van der Waals surface area contributed by atoms with Gasteiger partial charge in [0.2, 0.25) is 0 Å². The van der Waals surface area contributed by atoms with Gasteiger partial charge in [0.05, 0.1) is 17.7 Å². The fourth-order valence-corrected chi connectivity index (χ4v) is 4.49. The van der Waals surface area contributed by atoms with Crippen molar-refractivity contribution in [1.29, 1.82) is 0 Å². The highest BCUT2D eigenvalue weighted by atomic mass is 32.2. The average molecular weight is 450 g/mol. The van der Waals surface area contributed by atoms with Crippen LogP contribution in [0.1, 0.15) is 34.1 Å². The number of aryl methyl sites for hydroxylation is 1. The maximum atomic E-state index is 13.4. The number of thioether (sulfide) groups is 1. The minimum Gasteiger partial charge on any atom is -0.334 e. The summed E-state index contributed by atoms with van der Waals surface area (Å²) in [5.74, 6) is -0.0520. The molecular formula is C20H21F3N6OS. The summed E-state index contributed by atoms with van der Waals surface area (Å²) in [6, 6.07) is 4.89. The van der Waals surface area contributed by atoms with Crippen molar-refractivity contribution in [3.63, 3.8) is 0 Å². The molecule has 0 unspecified atom stereocenters. The lowest BCUT2D eigenvalue weighted by atomic mass is 10.0. The lowest BCUT2D eigenvalue weighted by Crippen LogP contribution is -2.37. The van der Waals surface area contributed by atoms with Crippen molar-refractivity contribution in [1.82, 2.24) is 29.4 Å². The van der Waals surface area contributed by atoms with Crippen LogP contribution in [0.15, 0.2) is 29.4 Å². The minimum absolute atomic E-state index is 0.161. The standard InChI is InChI=1S/C20H21F3N6OS/c1-4-29-17(24-25-19(29)31-3)16-13-11-28(10-9-15(13)27(2)26-16)18(30)12-7-5-6-8-14(12)20(21,22)23/h5-8H,4,9-11H2,1-3H3. The largest absolute Gasteiger partial charge is 0.417 e. The van der Waals surface area contributed by atoms with Gasteiger partial charge in [0.15, 0.2) is 11.0 Å². The third-order valence-corrected chi connectivity index (χ3v) is 6.09. The van der Waals surface area contributed by atoms with Crippen LogP contribution in [0.2, 0.25) is 0 Å². The fraction of sp³-hybridized carbons (Fsp3) is 0.400. The number of carbonyl (C=O) groups is 1. The molecular weight excluding hydrogens is 429 g/mol. The first-order valence-corrected chi connectivity index (χ1v) is 11.0. The van der Waals surface area contributed by atoms with E-state index in [9.17, 15) is 18.0 Å². The molecule has 31 heavy (non-hydrogen) atoms. The van der Waals surface area contributed by atoms with E-state index in [4.69, 9.17) is 0 Å². The Morgan fingerprint density at radius 2 is 1.97 bits per heavy atom. The first-order valence-electron chi connectivity index (χ1n) is 9.74. The van der Waals surface area contributed by atoms with Gasteiger partial charge >= 0.3 is 6.18 Å². The molecule has 0 bridgehead atoms. The SMILES string of the molecule is CCn1c(SC)nnc1-c1nn(C)c2c1CN(C(=O)c1ccccc1C(F)(F)F)CC2. The Morgan fingerprint density at radius 1 is 1.23 bits per heavy atom. The minimum atomic E-state index is -4.60. The van der Waals surface area contributed by atoms with Crippen LogP contribution >= 0.6 is 11.8 Å². The van der Waals surface area contributed by atoms with Crippen molar-refractivity contribution in [3.8, 4) is 11.5 Å². The lowest BCUT2D eigenvalue weighted by molar-refractivity contribution is -0.138. The van der Waals surface area contributed by atoms with E-state index < -0.39 is 17.6 Å². The van der Waals surface area contributed by atoms with Gasteiger partial charge in [-0.05, 0) is 25.3 Å². The molecule has 0 atom stereocenters. The van der Waals surface area contributed by atoms with Crippen LogP contribution in [0.5, 0.6) is 0 Å². The summed E-state index contributed by atoms with van der Waals surface area (Å²) in [5, 5.41) is 13.8. The van der Waals surface area contributed by atoms with Crippen LogP contribution in [0.3, 0.4) is 0 Å². The molecule has 2 aromatic heterocycles. The van der Waals surface area contributed by atoms with Gasteiger partial charge in [-0.2, -0.15) is 18.3 Å². The van der Waals surface area contributed by atoms with Gasteiger partial charge in [-0.1, -0.05) is 23.9 Å². The van der Waals surface area contributed by atoms with E-state index in [1.807, 2.05) is 24.8 Å². The Hall–Kier alpha value is -2.82. The van der Waals surface area contributed by atoms with Crippen molar-refractivity contribution in [3.05, 3.63) is 46.6 Å². The molecule has 11 heteroatoms. The molecule has 7 nitrogen and oxygen atoms in total. The first kappa shape index (κ1) is 21.4. The summed E-state index contributed by atoms with van der Waals surface area (Å²) >= 11 is 1.47. The number of halogens is 3. The predicted octanol–water partition coefficient (Wildman–Crippen LogP) is 3.64. The number of benzene rings is 1. The maximum absolute atomic E-state index is 13.4. The van der Waals surface area contributed by atoms with Crippen LogP contribution in [0.4, 0.5) is 13.2 Å². The maximum Gasteiger partial charge on any atom is 0.417 e. The van der Waals surface area contributed by atoms with Gasteiger partial charge in [-0.15, -0.1) is 10.2 Å². The van der Waals surface area contributed by atoms with Gasteiger partial charge in [0.25, 0.3) is 5.91 Å². The summed E-state index contributed by atoms with van der Waals surface area (Å²) < 4.78 is 43.9. The number of hydrogen-bond acceptors (Lipinski definition) is 5. The summed E-state index contributed by atoms with van der Waals surface area (Å²) in [7, 11) is 1.82. The van der Waals surface area contributed by atoms with E-state index in [0.717, 1.165) is 22.5 Å². The highest BCUT2D eigenvalue weighted by Gasteiger charge is 2.37. The molecule has 0 spiro atoms. The second-order valence-corrected chi connectivity index (χ2v) is 7.95. The van der Waals surface area contributed by atoms with Crippen molar-refractivity contribution >= 4 is 17.7 Å². The number of nitrogens with zero attached hydrogens (tertiary/aromatic N) is 6. The van der Waals surface area contributed by atoms with E-state index in [1.54, 1.807) is 4.68 Å². The molecule has 0 aliphatic carbocycles. The van der Waals surface area contributed by atoms with Crippen LogP contribution in [0.25, 0.3) is 11.5 Å². The lowest BCUT2D eigenvalue weighted by Gasteiger charge is -2.28. The molecule has 1 aliphatic heterocycles. The summed E-state index contributed by atoms with van der Waals surface area (Å²) in [6.07, 6.45) is -2.20. The zero-order valence-electron chi connectivity index (χ0n) is 17.3. The number of aromatic nitrogens is 5. The second-order valence-electron chi connectivity index (χ2n) is 7.17. The normalized spacial score (nSPS) is 14.1. The third kappa shape index (κ3) is 3.71. The predicted molar refractivity (Wildman–Crippen MR) is 110 cm³/mol. The Kier molecular flexibility index (Phi) is 5.54. The van der Waals surface area contributed by atoms with Gasteiger partial charge in [0.1, 0.15) is 5.69 Å². The third-order valence-electron chi connectivity index (χ3n) is 5.42. The van der Waals surface area contributed by atoms with E-state index >= 15 is 0 Å². The molecule has 0 saturated carbocycles. The number of fused-ring (bicyclic) bond motifs is 1. The monoisotopic (exact) mass is 450 g/mol.